The molecule has 8 heteroatoms. The first kappa shape index (κ1) is 84.5. The van der Waals surface area contributed by atoms with Crippen molar-refractivity contribution < 1.29 is 0 Å². The molecule has 0 amide bonds. The Morgan fingerprint density at radius 1 is 0.0933 bits per heavy atom. The van der Waals surface area contributed by atoms with Crippen LogP contribution in [0.3, 0.4) is 0 Å². The van der Waals surface area contributed by atoms with E-state index in [1.165, 1.54) is 278 Å². The minimum absolute atomic E-state index is 1.11. The van der Waals surface area contributed by atoms with Crippen LogP contribution in [0.5, 0.6) is 0 Å². The van der Waals surface area contributed by atoms with Crippen LogP contribution in [0.4, 0.5) is 0 Å². The molecule has 8 aromatic heterocycles. The summed E-state index contributed by atoms with van der Waals surface area (Å²) in [6, 6.07) is 187. The normalized spacial score (nSPS) is 12.0. The van der Waals surface area contributed by atoms with Crippen LogP contribution in [-0.4, -0.2) is 37.4 Å². The molecule has 0 aliphatic heterocycles. The number of aromatic nitrogens is 8. The molecule has 0 atom stereocenters. The predicted octanol–water partition coefficient (Wildman–Crippen LogP) is 37.8. The molecular formula is C142H88N8. The van der Waals surface area contributed by atoms with Crippen LogP contribution in [-0.2, 0) is 0 Å². The summed E-state index contributed by atoms with van der Waals surface area (Å²) in [6.07, 6.45) is 7.45. The highest BCUT2D eigenvalue weighted by atomic mass is 15.0. The second-order valence-electron chi connectivity index (χ2n) is 39.7. The Hall–Kier alpha value is -20.1. The van der Waals surface area contributed by atoms with Gasteiger partial charge < -0.3 is 27.4 Å². The maximum Gasteiger partial charge on any atom is 0.0547 e. The van der Waals surface area contributed by atoms with Gasteiger partial charge in [-0.3, -0.25) is 9.97 Å². The Balaban J connectivity index is 0.000000101. The Morgan fingerprint density at radius 3 is 0.527 bits per heavy atom. The Morgan fingerprint density at radius 2 is 0.260 bits per heavy atom. The lowest BCUT2D eigenvalue weighted by atomic mass is 9.94. The van der Waals surface area contributed by atoms with Crippen molar-refractivity contribution >= 4 is 228 Å². The molecule has 33 rings (SSSR count). The fourth-order valence-electron chi connectivity index (χ4n) is 25.2. The summed E-state index contributed by atoms with van der Waals surface area (Å²) in [6.45, 7) is 0. The first-order chi connectivity index (χ1) is 74.4. The molecule has 33 aromatic rings. The number of nitrogens with zero attached hydrogens (tertiary/aromatic N) is 8. The molecule has 0 radical (unpaired) electrons. The van der Waals surface area contributed by atoms with Gasteiger partial charge in [-0.1, -0.05) is 352 Å². The molecular weight excluding hydrogens is 1820 g/mol. The van der Waals surface area contributed by atoms with Crippen molar-refractivity contribution in [1.82, 2.24) is 37.4 Å². The molecule has 0 bridgehead atoms. The van der Waals surface area contributed by atoms with Gasteiger partial charge in [0.15, 0.2) is 0 Å². The maximum atomic E-state index is 4.29. The Bertz CT molecular complexity index is 10900. The van der Waals surface area contributed by atoms with Crippen molar-refractivity contribution in [3.63, 3.8) is 0 Å². The zero-order valence-electron chi connectivity index (χ0n) is 81.4. The van der Waals surface area contributed by atoms with E-state index < -0.39 is 0 Å². The van der Waals surface area contributed by atoms with E-state index in [1.54, 1.807) is 0 Å². The fraction of sp³-hybridized carbons (Fsp3) is 0. The van der Waals surface area contributed by atoms with Crippen LogP contribution in [0.2, 0.25) is 0 Å². The summed E-state index contributed by atoms with van der Waals surface area (Å²) in [7, 11) is 0. The third-order valence-electron chi connectivity index (χ3n) is 31.9. The van der Waals surface area contributed by atoms with Crippen molar-refractivity contribution in [1.29, 1.82) is 0 Å². The van der Waals surface area contributed by atoms with Crippen LogP contribution < -0.4 is 0 Å². The lowest BCUT2D eigenvalue weighted by Gasteiger charge is -2.14. The van der Waals surface area contributed by atoms with Gasteiger partial charge in [0.1, 0.15) is 0 Å². The van der Waals surface area contributed by atoms with Gasteiger partial charge in [0.25, 0.3) is 0 Å². The van der Waals surface area contributed by atoms with E-state index in [4.69, 9.17) is 0 Å². The number of benzene rings is 25. The Labute approximate surface area is 860 Å². The summed E-state index contributed by atoms with van der Waals surface area (Å²) < 4.78 is 14.4. The summed E-state index contributed by atoms with van der Waals surface area (Å²) in [5, 5.41) is 38.2. The Kier molecular flexibility index (Phi) is 19.0. The number of hydrogen-bond acceptors (Lipinski definition) is 2. The summed E-state index contributed by atoms with van der Waals surface area (Å²) >= 11 is 0. The fourth-order valence-corrected chi connectivity index (χ4v) is 25.2. The minimum atomic E-state index is 1.11. The lowest BCUT2D eigenvalue weighted by molar-refractivity contribution is 1.16. The highest BCUT2D eigenvalue weighted by Gasteiger charge is 2.25. The number of pyridine rings is 2. The highest BCUT2D eigenvalue weighted by molar-refractivity contribution is 6.30. The minimum Gasteiger partial charge on any atom is -0.309 e. The van der Waals surface area contributed by atoms with E-state index in [0.29, 0.717) is 0 Å². The van der Waals surface area contributed by atoms with Gasteiger partial charge in [0.2, 0.25) is 0 Å². The number of para-hydroxylation sites is 7. The van der Waals surface area contributed by atoms with Gasteiger partial charge in [-0.05, 0) is 288 Å². The molecule has 25 aromatic carbocycles. The van der Waals surface area contributed by atoms with E-state index in [2.05, 4.69) is 547 Å². The van der Waals surface area contributed by atoms with Crippen molar-refractivity contribution in [3.8, 4) is 67.5 Å². The molecule has 696 valence electrons. The molecule has 0 N–H and O–H groups in total. The van der Waals surface area contributed by atoms with Gasteiger partial charge in [0, 0.05) is 124 Å². The van der Waals surface area contributed by atoms with E-state index in [9.17, 15) is 0 Å². The number of rotatable bonds is 9. The third kappa shape index (κ3) is 13.1. The molecule has 0 saturated heterocycles. The van der Waals surface area contributed by atoms with Crippen LogP contribution in [0.1, 0.15) is 0 Å². The van der Waals surface area contributed by atoms with Crippen molar-refractivity contribution in [2.45, 2.75) is 0 Å². The van der Waals surface area contributed by atoms with Crippen LogP contribution in [0, 0.1) is 0 Å². The smallest absolute Gasteiger partial charge is 0.0547 e. The van der Waals surface area contributed by atoms with Gasteiger partial charge in [-0.2, -0.15) is 0 Å². The molecule has 8 nitrogen and oxygen atoms in total. The topological polar surface area (TPSA) is 55.4 Å². The summed E-state index contributed by atoms with van der Waals surface area (Å²) in [4.78, 5) is 8.55. The first-order valence-corrected chi connectivity index (χ1v) is 51.5. The quantitative estimate of drug-likeness (QED) is 0.135. The maximum absolute atomic E-state index is 4.29. The molecule has 0 aliphatic carbocycles. The third-order valence-corrected chi connectivity index (χ3v) is 31.9. The van der Waals surface area contributed by atoms with Gasteiger partial charge in [-0.25, -0.2) is 0 Å². The molecule has 0 unspecified atom stereocenters. The van der Waals surface area contributed by atoms with E-state index in [1.807, 2.05) is 24.8 Å². The zero-order chi connectivity index (χ0) is 98.3. The summed E-state index contributed by atoms with van der Waals surface area (Å²) in [5.41, 5.74) is 28.5. The molecule has 0 fully saturated rings. The van der Waals surface area contributed by atoms with Crippen molar-refractivity contribution in [2.24, 2.45) is 0 Å². The van der Waals surface area contributed by atoms with Crippen LogP contribution >= 0.6 is 0 Å². The SMILES string of the molecule is c1ccc(-n2c3ccccc3c3ccc(-c4ccc5c6ccccc6n(-c6ccc7c8ccccc8c8ccccc8c7c6)c5c4)cc32)cc1.c1ccc2c(c1)c1ccccc1c1cc(-n3c4ccccc4c4cc(-c5ccc6c(c5)c5ccccc5n6-c5ccncc5)ccc43)ccc21.c1ccc2c(c1)c1ccccc1c1cc(-n3c4ccccc4c4ccc(-c5ccc6c7ccccc7n(-c7ccncc7)c6c5)cc43)ccc21. The van der Waals surface area contributed by atoms with Gasteiger partial charge in [-0.15, -0.1) is 0 Å². The second-order valence-corrected chi connectivity index (χ2v) is 39.7. The van der Waals surface area contributed by atoms with Crippen LogP contribution in [0.15, 0.2) is 534 Å². The van der Waals surface area contributed by atoms with Crippen LogP contribution in [0.25, 0.3) is 295 Å². The van der Waals surface area contributed by atoms with Gasteiger partial charge in [0.05, 0.1) is 66.2 Å². The summed E-state index contributed by atoms with van der Waals surface area (Å²) in [5.74, 6) is 0. The largest absolute Gasteiger partial charge is 0.309 e. The van der Waals surface area contributed by atoms with Crippen molar-refractivity contribution in [2.75, 3.05) is 0 Å². The highest BCUT2D eigenvalue weighted by Crippen LogP contribution is 2.48. The predicted molar refractivity (Wildman–Crippen MR) is 635 cm³/mol. The average Bonchev–Trinajstić information content (AvgIpc) is 1.40. The number of hydrogen-bond donors (Lipinski definition) is 0. The standard InChI is InChI=1S/C48H30N2.2C47H29N3/c1-2-12-33(13-3-1)49-45-20-10-8-18-40(45)42-25-22-31(28-47(42)49)32-23-26-43-41-19-9-11-21-46(41)50(48(43)29-32)34-24-27-39-37-16-5-4-14-35(37)36-15-6-7-17-38(36)44(39)30-34;1-2-11-36-34(9-1)35-10-3-4-12-37(35)41-29-33(19-20-38(36)41)50-45-16-8-6-14-40(45)43-28-31(18-22-47(43)50)30-17-21-46-42(27-30)39-13-5-7-15-44(39)49(46)32-23-25-48-26-24-32;1-2-11-36-34(9-1)35-10-3-4-12-37(35)43-29-33(19-22-38(36)43)50-45-16-8-6-14-40(45)42-21-18-31(28-47(42)50)30-17-20-41-39-13-5-7-15-44(39)49(46(41)27-30)32-23-25-48-26-24-32/h1-30H;2*1-29H. The molecule has 8 heterocycles. The molecule has 0 aliphatic rings. The van der Waals surface area contributed by atoms with Gasteiger partial charge >= 0.3 is 0 Å². The second kappa shape index (κ2) is 33.8. The monoisotopic (exact) mass is 1900 g/mol. The van der Waals surface area contributed by atoms with E-state index in [-0.39, 0.29) is 0 Å². The molecule has 0 saturated carbocycles. The number of fused-ring (bicyclic) bond motifs is 36. The van der Waals surface area contributed by atoms with E-state index in [0.717, 1.165) is 17.1 Å². The van der Waals surface area contributed by atoms with Crippen molar-refractivity contribution in [3.05, 3.63) is 534 Å². The molecule has 150 heavy (non-hydrogen) atoms. The molecule has 0 spiro atoms. The average molecular weight is 1910 g/mol. The first-order valence-electron chi connectivity index (χ1n) is 51.5. The lowest BCUT2D eigenvalue weighted by Crippen LogP contribution is -1.95. The van der Waals surface area contributed by atoms with E-state index >= 15 is 0 Å². The zero-order valence-corrected chi connectivity index (χ0v) is 81.4.